The predicted octanol–water partition coefficient (Wildman–Crippen LogP) is 3.08. The van der Waals surface area contributed by atoms with Gasteiger partial charge in [0.25, 0.3) is 0 Å². The molecule has 0 aromatic heterocycles. The SMILES string of the molecule is CCCCCS(=O)(=O)CC(=O)NCCOc1ccc(C(C)(C)C)cc1. The first-order valence-corrected chi connectivity index (χ1v) is 10.7. The summed E-state index contributed by atoms with van der Waals surface area (Å²) in [6.07, 6.45) is 2.43. The van der Waals surface area contributed by atoms with Gasteiger partial charge in [-0.1, -0.05) is 52.7 Å². The Morgan fingerprint density at radius 1 is 1.12 bits per heavy atom. The van der Waals surface area contributed by atoms with Crippen LogP contribution in [0.1, 0.15) is 52.5 Å². The number of amides is 1. The summed E-state index contributed by atoms with van der Waals surface area (Å²) in [4.78, 5) is 11.7. The Bertz CT molecular complexity index is 630. The Labute approximate surface area is 152 Å². The lowest BCUT2D eigenvalue weighted by Gasteiger charge is -2.19. The van der Waals surface area contributed by atoms with Crippen LogP contribution in [0.15, 0.2) is 24.3 Å². The van der Waals surface area contributed by atoms with E-state index in [1.807, 2.05) is 31.2 Å². The summed E-state index contributed by atoms with van der Waals surface area (Å²) in [5.41, 5.74) is 1.32. The number of rotatable bonds is 10. The number of unbranched alkanes of at least 4 members (excludes halogenated alkanes) is 2. The van der Waals surface area contributed by atoms with Gasteiger partial charge in [0.15, 0.2) is 9.84 Å². The van der Waals surface area contributed by atoms with Gasteiger partial charge in [0, 0.05) is 0 Å². The number of carbonyl (C=O) groups excluding carboxylic acids is 1. The highest BCUT2D eigenvalue weighted by molar-refractivity contribution is 7.92. The first-order chi connectivity index (χ1) is 11.6. The second kappa shape index (κ2) is 9.80. The molecular weight excluding hydrogens is 338 g/mol. The summed E-state index contributed by atoms with van der Waals surface area (Å²) in [6, 6.07) is 7.86. The average Bonchev–Trinajstić information content (AvgIpc) is 2.51. The lowest BCUT2D eigenvalue weighted by molar-refractivity contribution is -0.118. The summed E-state index contributed by atoms with van der Waals surface area (Å²) < 4.78 is 29.2. The molecular formula is C19H31NO4S. The Hall–Kier alpha value is -1.56. The summed E-state index contributed by atoms with van der Waals surface area (Å²) in [5.74, 6) is -0.111. The van der Waals surface area contributed by atoms with Gasteiger partial charge >= 0.3 is 0 Å². The standard InChI is InChI=1S/C19H31NO4S/c1-5-6-7-14-25(22,23)15-18(21)20-12-13-24-17-10-8-16(9-11-17)19(2,3)4/h8-11H,5-7,12-15H2,1-4H3,(H,20,21). The maximum atomic E-state index is 11.8. The van der Waals surface area contributed by atoms with Gasteiger partial charge in [-0.3, -0.25) is 4.79 Å². The van der Waals surface area contributed by atoms with E-state index < -0.39 is 21.5 Å². The normalized spacial score (nSPS) is 12.0. The highest BCUT2D eigenvalue weighted by Crippen LogP contribution is 2.24. The molecule has 0 aliphatic heterocycles. The van der Waals surface area contributed by atoms with Crippen molar-refractivity contribution in [3.05, 3.63) is 29.8 Å². The summed E-state index contributed by atoms with van der Waals surface area (Å²) in [5, 5.41) is 2.59. The van der Waals surface area contributed by atoms with E-state index in [4.69, 9.17) is 4.74 Å². The molecule has 0 unspecified atom stereocenters. The molecule has 1 aromatic rings. The first-order valence-electron chi connectivity index (χ1n) is 8.84. The molecule has 0 aliphatic rings. The minimum absolute atomic E-state index is 0.0743. The fourth-order valence-electron chi connectivity index (χ4n) is 2.31. The van der Waals surface area contributed by atoms with Crippen LogP contribution in [0.5, 0.6) is 5.75 Å². The number of ether oxygens (including phenoxy) is 1. The van der Waals surface area contributed by atoms with Crippen molar-refractivity contribution >= 4 is 15.7 Å². The van der Waals surface area contributed by atoms with Gasteiger partial charge < -0.3 is 10.1 Å². The van der Waals surface area contributed by atoms with Gasteiger partial charge in [0.1, 0.15) is 18.1 Å². The zero-order chi connectivity index (χ0) is 18.9. The lowest BCUT2D eigenvalue weighted by atomic mass is 9.87. The Kier molecular flexibility index (Phi) is 8.42. The molecule has 0 fully saturated rings. The van der Waals surface area contributed by atoms with Gasteiger partial charge in [-0.15, -0.1) is 0 Å². The van der Waals surface area contributed by atoms with Crippen LogP contribution in [0.3, 0.4) is 0 Å². The van der Waals surface area contributed by atoms with Crippen molar-refractivity contribution in [1.29, 1.82) is 0 Å². The smallest absolute Gasteiger partial charge is 0.235 e. The van der Waals surface area contributed by atoms with Crippen molar-refractivity contribution in [2.75, 3.05) is 24.7 Å². The molecule has 6 heteroatoms. The molecule has 1 N–H and O–H groups in total. The van der Waals surface area contributed by atoms with Crippen LogP contribution in [0.25, 0.3) is 0 Å². The van der Waals surface area contributed by atoms with Crippen molar-refractivity contribution in [2.24, 2.45) is 0 Å². The second-order valence-corrected chi connectivity index (χ2v) is 9.46. The van der Waals surface area contributed by atoms with Gasteiger partial charge in [0.2, 0.25) is 5.91 Å². The highest BCUT2D eigenvalue weighted by atomic mass is 32.2. The molecule has 25 heavy (non-hydrogen) atoms. The van der Waals surface area contributed by atoms with Crippen molar-refractivity contribution < 1.29 is 17.9 Å². The Morgan fingerprint density at radius 3 is 2.32 bits per heavy atom. The van der Waals surface area contributed by atoms with E-state index in [0.29, 0.717) is 13.0 Å². The highest BCUT2D eigenvalue weighted by Gasteiger charge is 2.16. The first kappa shape index (κ1) is 21.5. The molecule has 0 aliphatic carbocycles. The molecule has 0 atom stereocenters. The minimum atomic E-state index is -3.31. The molecule has 0 saturated carbocycles. The predicted molar refractivity (Wildman–Crippen MR) is 102 cm³/mol. The number of hydrogen-bond acceptors (Lipinski definition) is 4. The molecule has 1 rings (SSSR count). The molecule has 5 nitrogen and oxygen atoms in total. The third-order valence-corrected chi connectivity index (χ3v) is 5.44. The number of carbonyl (C=O) groups is 1. The number of hydrogen-bond donors (Lipinski definition) is 1. The number of benzene rings is 1. The van der Waals surface area contributed by atoms with Crippen LogP contribution < -0.4 is 10.1 Å². The third kappa shape index (κ3) is 8.91. The molecule has 0 radical (unpaired) electrons. The summed E-state index contributed by atoms with van der Waals surface area (Å²) in [6.45, 7) is 9.04. The van der Waals surface area contributed by atoms with Gasteiger partial charge in [0.05, 0.1) is 12.3 Å². The maximum Gasteiger partial charge on any atom is 0.235 e. The fourth-order valence-corrected chi connectivity index (χ4v) is 3.60. The van der Waals surface area contributed by atoms with Crippen LogP contribution >= 0.6 is 0 Å². The molecule has 0 bridgehead atoms. The van der Waals surface area contributed by atoms with Crippen LogP contribution in [-0.2, 0) is 20.0 Å². The van der Waals surface area contributed by atoms with E-state index >= 15 is 0 Å². The number of nitrogens with one attached hydrogen (secondary N) is 1. The van der Waals surface area contributed by atoms with Crippen molar-refractivity contribution in [1.82, 2.24) is 5.32 Å². The van der Waals surface area contributed by atoms with Crippen LogP contribution in [0.2, 0.25) is 0 Å². The summed E-state index contributed by atoms with van der Waals surface area (Å²) in [7, 11) is -3.31. The Balaban J connectivity index is 2.30. The lowest BCUT2D eigenvalue weighted by Crippen LogP contribution is -2.34. The zero-order valence-electron chi connectivity index (χ0n) is 15.8. The van der Waals surface area contributed by atoms with E-state index in [-0.39, 0.29) is 17.7 Å². The molecule has 1 aromatic carbocycles. The van der Waals surface area contributed by atoms with E-state index in [1.165, 1.54) is 5.56 Å². The topological polar surface area (TPSA) is 72.5 Å². The van der Waals surface area contributed by atoms with Crippen LogP contribution in [-0.4, -0.2) is 39.0 Å². The van der Waals surface area contributed by atoms with E-state index in [9.17, 15) is 13.2 Å². The van der Waals surface area contributed by atoms with Gasteiger partial charge in [-0.2, -0.15) is 0 Å². The molecule has 1 amide bonds. The monoisotopic (exact) mass is 369 g/mol. The Morgan fingerprint density at radius 2 is 1.76 bits per heavy atom. The summed E-state index contributed by atoms with van der Waals surface area (Å²) >= 11 is 0. The largest absolute Gasteiger partial charge is 0.492 e. The molecule has 142 valence electrons. The molecule has 0 heterocycles. The van der Waals surface area contributed by atoms with Gasteiger partial charge in [-0.25, -0.2) is 8.42 Å². The quantitative estimate of drug-likeness (QED) is 0.643. The van der Waals surface area contributed by atoms with Crippen molar-refractivity contribution in [3.63, 3.8) is 0 Å². The van der Waals surface area contributed by atoms with Crippen molar-refractivity contribution in [3.8, 4) is 5.75 Å². The van der Waals surface area contributed by atoms with E-state index in [2.05, 4.69) is 26.1 Å². The average molecular weight is 370 g/mol. The van der Waals surface area contributed by atoms with Crippen molar-refractivity contribution in [2.45, 2.75) is 52.4 Å². The second-order valence-electron chi connectivity index (χ2n) is 7.27. The third-order valence-electron chi connectivity index (χ3n) is 3.82. The van der Waals surface area contributed by atoms with Gasteiger partial charge in [-0.05, 0) is 29.5 Å². The van der Waals surface area contributed by atoms with Crippen LogP contribution in [0.4, 0.5) is 0 Å². The molecule has 0 saturated heterocycles. The molecule has 0 spiro atoms. The maximum absolute atomic E-state index is 11.8. The fraction of sp³-hybridized carbons (Fsp3) is 0.632. The number of sulfone groups is 1. The van der Waals surface area contributed by atoms with E-state index in [0.717, 1.165) is 18.6 Å². The minimum Gasteiger partial charge on any atom is -0.492 e. The van der Waals surface area contributed by atoms with Crippen LogP contribution in [0, 0.1) is 0 Å². The zero-order valence-corrected chi connectivity index (χ0v) is 16.6. The van der Waals surface area contributed by atoms with E-state index in [1.54, 1.807) is 0 Å².